The number of nitrogens with one attached hydrogen (secondary N) is 1. The molecule has 116 valence electrons. The van der Waals surface area contributed by atoms with Gasteiger partial charge in [-0.1, -0.05) is 28.9 Å². The first-order chi connectivity index (χ1) is 10.1. The van der Waals surface area contributed by atoms with Crippen LogP contribution in [0.4, 0.5) is 0 Å². The van der Waals surface area contributed by atoms with E-state index >= 15 is 0 Å². The molecule has 3 nitrogen and oxygen atoms in total. The van der Waals surface area contributed by atoms with Gasteiger partial charge in [0.1, 0.15) is 5.54 Å². The van der Waals surface area contributed by atoms with Gasteiger partial charge in [0.05, 0.1) is 7.11 Å². The Bertz CT molecular complexity index is 497. The summed E-state index contributed by atoms with van der Waals surface area (Å²) in [6, 6.07) is 8.32. The smallest absolute Gasteiger partial charge is 0.326 e. The van der Waals surface area contributed by atoms with Gasteiger partial charge in [0.25, 0.3) is 0 Å². The maximum Gasteiger partial charge on any atom is 0.326 e. The molecule has 0 radical (unpaired) electrons. The molecule has 2 unspecified atom stereocenters. The second-order valence-electron chi connectivity index (χ2n) is 5.44. The van der Waals surface area contributed by atoms with Crippen LogP contribution in [0.3, 0.4) is 0 Å². The number of esters is 1. The molecule has 0 aromatic heterocycles. The molecule has 0 spiro atoms. The monoisotopic (exact) mass is 371 g/mol. The Balaban J connectivity index is 2.03. The molecule has 1 fully saturated rings. The molecule has 1 aliphatic carbocycles. The van der Waals surface area contributed by atoms with Crippen LogP contribution in [0.15, 0.2) is 33.6 Å². The fourth-order valence-corrected chi connectivity index (χ4v) is 4.70. The van der Waals surface area contributed by atoms with Crippen LogP contribution in [-0.4, -0.2) is 30.4 Å². The number of ether oxygens (including phenoxy) is 1. The second-order valence-corrected chi connectivity index (χ2v) is 7.73. The molecule has 21 heavy (non-hydrogen) atoms. The van der Waals surface area contributed by atoms with Crippen molar-refractivity contribution < 1.29 is 9.53 Å². The van der Waals surface area contributed by atoms with Gasteiger partial charge < -0.3 is 10.1 Å². The highest BCUT2D eigenvalue weighted by Crippen LogP contribution is 2.41. The molecule has 0 bridgehead atoms. The molecule has 5 heteroatoms. The molecule has 0 aliphatic heterocycles. The van der Waals surface area contributed by atoms with Gasteiger partial charge in [-0.15, -0.1) is 11.8 Å². The van der Waals surface area contributed by atoms with Gasteiger partial charge in [-0.2, -0.15) is 0 Å². The van der Waals surface area contributed by atoms with E-state index in [9.17, 15) is 4.79 Å². The molecular formula is C16H22BrNO2S. The fraction of sp³-hybridized carbons (Fsp3) is 0.562. The van der Waals surface area contributed by atoms with E-state index in [0.717, 1.165) is 36.7 Å². The lowest BCUT2D eigenvalue weighted by Gasteiger charge is -2.27. The highest BCUT2D eigenvalue weighted by Gasteiger charge is 2.46. The predicted molar refractivity (Wildman–Crippen MR) is 90.7 cm³/mol. The first-order valence-corrected chi connectivity index (χ1v) is 9.02. The lowest BCUT2D eigenvalue weighted by molar-refractivity contribution is -0.148. The number of halogens is 1. The van der Waals surface area contributed by atoms with Gasteiger partial charge in [0, 0.05) is 14.6 Å². The minimum Gasteiger partial charge on any atom is -0.468 e. The van der Waals surface area contributed by atoms with Gasteiger partial charge in [-0.3, -0.25) is 4.79 Å². The first kappa shape index (κ1) is 16.8. The van der Waals surface area contributed by atoms with Crippen molar-refractivity contribution in [1.29, 1.82) is 0 Å². The van der Waals surface area contributed by atoms with Crippen LogP contribution >= 0.6 is 27.7 Å². The maximum absolute atomic E-state index is 12.2. The molecule has 2 atom stereocenters. The van der Waals surface area contributed by atoms with E-state index < -0.39 is 5.54 Å². The summed E-state index contributed by atoms with van der Waals surface area (Å²) in [4.78, 5) is 13.4. The topological polar surface area (TPSA) is 38.3 Å². The Kier molecular flexibility index (Phi) is 6.14. The van der Waals surface area contributed by atoms with E-state index in [1.165, 1.54) is 12.0 Å². The summed E-state index contributed by atoms with van der Waals surface area (Å²) in [5.41, 5.74) is -0.492. The summed E-state index contributed by atoms with van der Waals surface area (Å²) < 4.78 is 6.13. The third-order valence-electron chi connectivity index (χ3n) is 3.86. The molecule has 0 saturated heterocycles. The van der Waals surface area contributed by atoms with E-state index in [1.807, 2.05) is 23.9 Å². The van der Waals surface area contributed by atoms with Crippen LogP contribution < -0.4 is 5.32 Å². The van der Waals surface area contributed by atoms with Crippen molar-refractivity contribution in [3.05, 3.63) is 28.7 Å². The summed E-state index contributed by atoms with van der Waals surface area (Å²) >= 11 is 5.35. The molecule has 0 amide bonds. The molecule has 1 aromatic rings. The van der Waals surface area contributed by atoms with Crippen molar-refractivity contribution in [2.24, 2.45) is 0 Å². The lowest BCUT2D eigenvalue weighted by atomic mass is 9.97. The van der Waals surface area contributed by atoms with Crippen LogP contribution in [0.5, 0.6) is 0 Å². The summed E-state index contributed by atoms with van der Waals surface area (Å²) in [6.45, 7) is 2.96. The number of benzene rings is 1. The molecule has 1 saturated carbocycles. The third-order valence-corrected chi connectivity index (χ3v) is 5.61. The Hall–Kier alpha value is -0.520. The quantitative estimate of drug-likeness (QED) is 0.766. The SMILES string of the molecule is CCCNC1(C(=O)OC)CCC(Sc2cccc(Br)c2)C1. The molecular weight excluding hydrogens is 350 g/mol. The zero-order valence-corrected chi connectivity index (χ0v) is 14.9. The average molecular weight is 372 g/mol. The zero-order valence-electron chi connectivity index (χ0n) is 12.5. The van der Waals surface area contributed by atoms with Gasteiger partial charge in [0.2, 0.25) is 0 Å². The number of hydrogen-bond acceptors (Lipinski definition) is 4. The number of carbonyl (C=O) groups is 1. The van der Waals surface area contributed by atoms with Crippen LogP contribution in [0, 0.1) is 0 Å². The summed E-state index contributed by atoms with van der Waals surface area (Å²) in [6.07, 6.45) is 3.73. The molecule has 0 heterocycles. The molecule has 1 aromatic carbocycles. The minimum absolute atomic E-state index is 0.117. The largest absolute Gasteiger partial charge is 0.468 e. The highest BCUT2D eigenvalue weighted by molar-refractivity contribution is 9.10. The summed E-state index contributed by atoms with van der Waals surface area (Å²) in [5.74, 6) is -0.117. The molecule has 2 rings (SSSR count). The van der Waals surface area contributed by atoms with Crippen molar-refractivity contribution in [3.63, 3.8) is 0 Å². The number of thioether (sulfide) groups is 1. The van der Waals surface area contributed by atoms with Gasteiger partial charge >= 0.3 is 5.97 Å². The van der Waals surface area contributed by atoms with Crippen molar-refractivity contribution >= 4 is 33.7 Å². The molecule has 1 N–H and O–H groups in total. The Morgan fingerprint density at radius 2 is 2.38 bits per heavy atom. The van der Waals surface area contributed by atoms with Crippen LogP contribution in [0.1, 0.15) is 32.6 Å². The average Bonchev–Trinajstić information content (AvgIpc) is 2.88. The van der Waals surface area contributed by atoms with Crippen LogP contribution in [-0.2, 0) is 9.53 Å². The van der Waals surface area contributed by atoms with Crippen molar-refractivity contribution in [2.75, 3.05) is 13.7 Å². The zero-order chi connectivity index (χ0) is 15.3. The second kappa shape index (κ2) is 7.65. The lowest BCUT2D eigenvalue weighted by Crippen LogP contribution is -2.51. The third kappa shape index (κ3) is 4.24. The standard InChI is InChI=1S/C16H22BrNO2S/c1-3-9-18-16(15(19)20-2)8-7-14(11-16)21-13-6-4-5-12(17)10-13/h4-6,10,14,18H,3,7-9,11H2,1-2H3. The first-order valence-electron chi connectivity index (χ1n) is 7.35. The Morgan fingerprint density at radius 3 is 3.05 bits per heavy atom. The Morgan fingerprint density at radius 1 is 1.57 bits per heavy atom. The van der Waals surface area contributed by atoms with E-state index in [4.69, 9.17) is 4.74 Å². The maximum atomic E-state index is 12.2. The number of hydrogen-bond donors (Lipinski definition) is 1. The predicted octanol–water partition coefficient (Wildman–Crippen LogP) is 4.01. The highest BCUT2D eigenvalue weighted by atomic mass is 79.9. The summed E-state index contributed by atoms with van der Waals surface area (Å²) in [5, 5.41) is 3.87. The normalized spacial score (nSPS) is 25.0. The van der Waals surface area contributed by atoms with E-state index in [1.54, 1.807) is 0 Å². The van der Waals surface area contributed by atoms with Gasteiger partial charge in [-0.25, -0.2) is 0 Å². The van der Waals surface area contributed by atoms with Gasteiger partial charge in [-0.05, 0) is 50.4 Å². The minimum atomic E-state index is -0.492. The van der Waals surface area contributed by atoms with E-state index in [0.29, 0.717) is 5.25 Å². The number of rotatable bonds is 6. The van der Waals surface area contributed by atoms with Crippen LogP contribution in [0.2, 0.25) is 0 Å². The van der Waals surface area contributed by atoms with E-state index in [-0.39, 0.29) is 5.97 Å². The summed E-state index contributed by atoms with van der Waals surface area (Å²) in [7, 11) is 1.48. The number of carbonyl (C=O) groups excluding carboxylic acids is 1. The van der Waals surface area contributed by atoms with Crippen molar-refractivity contribution in [3.8, 4) is 0 Å². The Labute approximate surface area is 139 Å². The molecule has 1 aliphatic rings. The van der Waals surface area contributed by atoms with E-state index in [2.05, 4.69) is 40.3 Å². The fourth-order valence-electron chi connectivity index (χ4n) is 2.81. The van der Waals surface area contributed by atoms with Crippen molar-refractivity contribution in [1.82, 2.24) is 5.32 Å². The van der Waals surface area contributed by atoms with Gasteiger partial charge in [0.15, 0.2) is 0 Å². The number of methoxy groups -OCH3 is 1. The van der Waals surface area contributed by atoms with Crippen molar-refractivity contribution in [2.45, 2.75) is 48.3 Å². The van der Waals surface area contributed by atoms with Crippen LogP contribution in [0.25, 0.3) is 0 Å².